The Kier molecular flexibility index (Phi) is 5.07. The molecule has 3 fully saturated rings. The van der Waals surface area contributed by atoms with E-state index in [4.69, 9.17) is 4.74 Å². The standard InChI is InChI=1S/C25H34OSi/c1-25(2)20-15-23(25)22(18-26-17-19-11-7-5-8-12-19)24(16-20)27(3,4)21-13-9-6-10-14-21/h5-14,20,22-24H,15-18H2,1-4H3. The van der Waals surface area contributed by atoms with Crippen LogP contribution >= 0.6 is 0 Å². The van der Waals surface area contributed by atoms with Gasteiger partial charge in [0.25, 0.3) is 0 Å². The second kappa shape index (κ2) is 7.22. The minimum absolute atomic E-state index is 0.498. The third kappa shape index (κ3) is 3.43. The molecule has 5 rings (SSSR count). The number of rotatable bonds is 6. The summed E-state index contributed by atoms with van der Waals surface area (Å²) >= 11 is 0. The smallest absolute Gasteiger partial charge is 0.0840 e. The minimum Gasteiger partial charge on any atom is -0.376 e. The highest BCUT2D eigenvalue weighted by Gasteiger charge is 2.60. The van der Waals surface area contributed by atoms with E-state index in [0.29, 0.717) is 11.3 Å². The molecule has 0 aromatic heterocycles. The van der Waals surface area contributed by atoms with Crippen molar-refractivity contribution >= 4 is 13.3 Å². The molecule has 3 aliphatic rings. The first-order chi connectivity index (χ1) is 12.9. The molecule has 1 nitrogen and oxygen atoms in total. The first kappa shape index (κ1) is 19.0. The van der Waals surface area contributed by atoms with Crippen molar-refractivity contribution in [3.63, 3.8) is 0 Å². The van der Waals surface area contributed by atoms with E-state index in [1.165, 1.54) is 18.4 Å². The van der Waals surface area contributed by atoms with Gasteiger partial charge in [0.2, 0.25) is 0 Å². The molecular weight excluding hydrogens is 344 g/mol. The molecule has 0 saturated heterocycles. The van der Waals surface area contributed by atoms with Crippen molar-refractivity contribution in [1.29, 1.82) is 0 Å². The van der Waals surface area contributed by atoms with Crippen LogP contribution in [0.15, 0.2) is 60.7 Å². The molecule has 2 aromatic rings. The van der Waals surface area contributed by atoms with Gasteiger partial charge in [-0.1, -0.05) is 92.8 Å². The number of ether oxygens (including phenoxy) is 1. The average Bonchev–Trinajstić information content (AvgIpc) is 2.69. The van der Waals surface area contributed by atoms with Crippen LogP contribution < -0.4 is 5.19 Å². The topological polar surface area (TPSA) is 9.23 Å². The Morgan fingerprint density at radius 2 is 1.56 bits per heavy atom. The van der Waals surface area contributed by atoms with E-state index in [0.717, 1.165) is 30.6 Å². The van der Waals surface area contributed by atoms with Gasteiger partial charge in [-0.25, -0.2) is 0 Å². The van der Waals surface area contributed by atoms with E-state index in [9.17, 15) is 0 Å². The lowest BCUT2D eigenvalue weighted by atomic mass is 9.45. The molecule has 27 heavy (non-hydrogen) atoms. The van der Waals surface area contributed by atoms with Gasteiger partial charge >= 0.3 is 0 Å². The summed E-state index contributed by atoms with van der Waals surface area (Å²) in [4.78, 5) is 0. The number of benzene rings is 2. The van der Waals surface area contributed by atoms with Crippen molar-refractivity contribution in [3.8, 4) is 0 Å². The first-order valence-corrected chi connectivity index (χ1v) is 13.7. The summed E-state index contributed by atoms with van der Waals surface area (Å²) < 4.78 is 6.33. The summed E-state index contributed by atoms with van der Waals surface area (Å²) in [5.41, 5.74) is 2.61. The Hall–Kier alpha value is -1.38. The molecule has 0 amide bonds. The van der Waals surface area contributed by atoms with Crippen LogP contribution in [0.2, 0.25) is 18.6 Å². The fourth-order valence-electron chi connectivity index (χ4n) is 5.98. The molecule has 2 heteroatoms. The molecule has 2 aromatic carbocycles. The molecule has 3 aliphatic carbocycles. The van der Waals surface area contributed by atoms with E-state index >= 15 is 0 Å². The first-order valence-electron chi connectivity index (χ1n) is 10.6. The normalized spacial score (nSPS) is 29.2. The van der Waals surface area contributed by atoms with Gasteiger partial charge in [-0.3, -0.25) is 0 Å². The fraction of sp³-hybridized carbons (Fsp3) is 0.520. The van der Waals surface area contributed by atoms with Crippen LogP contribution in [0, 0.1) is 23.2 Å². The second-order valence-corrected chi connectivity index (χ2v) is 14.7. The second-order valence-electron chi connectivity index (χ2n) is 9.95. The molecule has 144 valence electrons. The maximum absolute atomic E-state index is 6.33. The zero-order valence-corrected chi connectivity index (χ0v) is 18.3. The summed E-state index contributed by atoms with van der Waals surface area (Å²) in [6.07, 6.45) is 2.82. The largest absolute Gasteiger partial charge is 0.376 e. The number of hydrogen-bond donors (Lipinski definition) is 0. The van der Waals surface area contributed by atoms with Crippen molar-refractivity contribution in [2.75, 3.05) is 6.61 Å². The van der Waals surface area contributed by atoms with Gasteiger partial charge in [-0.2, -0.15) is 0 Å². The lowest BCUT2D eigenvalue weighted by molar-refractivity contribution is -0.126. The van der Waals surface area contributed by atoms with Crippen LogP contribution in [0.25, 0.3) is 0 Å². The summed E-state index contributed by atoms with van der Waals surface area (Å²) in [5.74, 6) is 2.44. The third-order valence-corrected chi connectivity index (χ3v) is 12.3. The maximum atomic E-state index is 6.33. The van der Waals surface area contributed by atoms with Crippen LogP contribution in [0.5, 0.6) is 0 Å². The Morgan fingerprint density at radius 3 is 2.19 bits per heavy atom. The maximum Gasteiger partial charge on any atom is 0.0840 e. The summed E-state index contributed by atoms with van der Waals surface area (Å²) in [6.45, 7) is 11.9. The average molecular weight is 379 g/mol. The summed E-state index contributed by atoms with van der Waals surface area (Å²) in [7, 11) is -1.52. The van der Waals surface area contributed by atoms with Crippen molar-refractivity contribution in [2.24, 2.45) is 23.2 Å². The van der Waals surface area contributed by atoms with Gasteiger partial charge < -0.3 is 4.74 Å². The highest BCUT2D eigenvalue weighted by atomic mass is 28.3. The lowest BCUT2D eigenvalue weighted by Crippen LogP contribution is -2.62. The van der Waals surface area contributed by atoms with Gasteiger partial charge in [0, 0.05) is 0 Å². The molecular formula is C25H34OSi. The van der Waals surface area contributed by atoms with E-state index in [1.807, 2.05) is 0 Å². The quantitative estimate of drug-likeness (QED) is 0.571. The van der Waals surface area contributed by atoms with Gasteiger partial charge in [0.15, 0.2) is 0 Å². The predicted octanol–water partition coefficient (Wildman–Crippen LogP) is 5.87. The van der Waals surface area contributed by atoms with Gasteiger partial charge in [-0.15, -0.1) is 0 Å². The highest BCUT2D eigenvalue weighted by Crippen LogP contribution is 2.66. The molecule has 3 saturated carbocycles. The highest BCUT2D eigenvalue weighted by molar-refractivity contribution is 6.91. The van der Waals surface area contributed by atoms with Gasteiger partial charge in [0.05, 0.1) is 21.3 Å². The van der Waals surface area contributed by atoms with Crippen molar-refractivity contribution in [3.05, 3.63) is 66.2 Å². The zero-order valence-electron chi connectivity index (χ0n) is 17.3. The van der Waals surface area contributed by atoms with Crippen LogP contribution in [-0.4, -0.2) is 14.7 Å². The molecule has 4 unspecified atom stereocenters. The predicted molar refractivity (Wildman–Crippen MR) is 117 cm³/mol. The molecule has 0 spiro atoms. The van der Waals surface area contributed by atoms with Crippen LogP contribution in [0.1, 0.15) is 32.3 Å². The van der Waals surface area contributed by atoms with E-state index in [1.54, 1.807) is 5.19 Å². The van der Waals surface area contributed by atoms with Crippen LogP contribution in [-0.2, 0) is 11.3 Å². The van der Waals surface area contributed by atoms with Crippen LogP contribution in [0.4, 0.5) is 0 Å². The Labute approximate surface area is 166 Å². The zero-order chi connectivity index (χ0) is 19.1. The lowest BCUT2D eigenvalue weighted by Gasteiger charge is -2.64. The monoisotopic (exact) mass is 378 g/mol. The van der Waals surface area contributed by atoms with E-state index in [-0.39, 0.29) is 0 Å². The fourth-order valence-corrected chi connectivity index (χ4v) is 9.73. The van der Waals surface area contributed by atoms with Gasteiger partial charge in [0.1, 0.15) is 0 Å². The molecule has 0 N–H and O–H groups in total. The van der Waals surface area contributed by atoms with E-state index < -0.39 is 8.07 Å². The minimum atomic E-state index is -1.52. The Morgan fingerprint density at radius 1 is 0.926 bits per heavy atom. The van der Waals surface area contributed by atoms with Crippen molar-refractivity contribution in [1.82, 2.24) is 0 Å². The molecule has 0 heterocycles. The van der Waals surface area contributed by atoms with Crippen molar-refractivity contribution in [2.45, 2.75) is 51.9 Å². The SMILES string of the molecule is CC1(C)C2CC1C(COCc1ccccc1)C([Si](C)(C)c1ccccc1)C2. The molecule has 0 aliphatic heterocycles. The molecule has 0 radical (unpaired) electrons. The molecule has 2 bridgehead atoms. The number of hydrogen-bond acceptors (Lipinski definition) is 1. The van der Waals surface area contributed by atoms with Crippen LogP contribution in [0.3, 0.4) is 0 Å². The number of fused-ring (bicyclic) bond motifs is 2. The summed E-state index contributed by atoms with van der Waals surface area (Å²) in [6, 6.07) is 22.0. The van der Waals surface area contributed by atoms with Crippen molar-refractivity contribution < 1.29 is 4.74 Å². The van der Waals surface area contributed by atoms with E-state index in [2.05, 4.69) is 87.6 Å². The summed E-state index contributed by atoms with van der Waals surface area (Å²) in [5, 5.41) is 1.61. The third-order valence-electron chi connectivity index (χ3n) is 7.99. The molecule has 4 atom stereocenters. The Bertz CT molecular complexity index is 752. The van der Waals surface area contributed by atoms with Gasteiger partial charge in [-0.05, 0) is 47.1 Å². The Balaban J connectivity index is 1.53.